The van der Waals surface area contributed by atoms with Gasteiger partial charge in [-0.3, -0.25) is 0 Å². The average molecular weight is 284 g/mol. The van der Waals surface area contributed by atoms with Crippen LogP contribution in [0, 0.1) is 5.92 Å². The molecule has 1 aromatic rings. The number of ether oxygens (including phenoxy) is 1. The number of alkyl halides is 2. The maximum Gasteiger partial charge on any atom is 0.387 e. The van der Waals surface area contributed by atoms with Crippen LogP contribution >= 0.6 is 0 Å². The minimum absolute atomic E-state index is 0.0646. The Balaban J connectivity index is 1.79. The predicted octanol–water partition coefficient (Wildman–Crippen LogP) is 3.07. The van der Waals surface area contributed by atoms with Crippen molar-refractivity contribution in [3.63, 3.8) is 0 Å². The monoisotopic (exact) mass is 284 g/mol. The molecule has 2 rings (SSSR count). The van der Waals surface area contributed by atoms with E-state index in [-0.39, 0.29) is 11.8 Å². The van der Waals surface area contributed by atoms with E-state index in [4.69, 9.17) is 5.73 Å². The molecule has 1 saturated carbocycles. The van der Waals surface area contributed by atoms with Gasteiger partial charge in [-0.05, 0) is 43.0 Å². The highest BCUT2D eigenvalue weighted by Crippen LogP contribution is 2.33. The van der Waals surface area contributed by atoms with Gasteiger partial charge in [-0.2, -0.15) is 8.78 Å². The van der Waals surface area contributed by atoms with Crippen molar-refractivity contribution in [2.75, 3.05) is 13.1 Å². The Morgan fingerprint density at radius 2 is 1.95 bits per heavy atom. The Labute approximate surface area is 118 Å². The summed E-state index contributed by atoms with van der Waals surface area (Å²) in [6, 6.07) is 6.73. The van der Waals surface area contributed by atoms with E-state index in [0.717, 1.165) is 24.4 Å². The van der Waals surface area contributed by atoms with Crippen LogP contribution < -0.4 is 15.8 Å². The van der Waals surface area contributed by atoms with Gasteiger partial charge < -0.3 is 15.8 Å². The summed E-state index contributed by atoms with van der Waals surface area (Å²) < 4.78 is 28.5. The summed E-state index contributed by atoms with van der Waals surface area (Å²) in [5, 5.41) is 3.42. The molecule has 0 saturated heterocycles. The highest BCUT2D eigenvalue weighted by atomic mass is 19.3. The van der Waals surface area contributed by atoms with Gasteiger partial charge in [-0.1, -0.05) is 25.0 Å². The highest BCUT2D eigenvalue weighted by molar-refractivity contribution is 5.29. The lowest BCUT2D eigenvalue weighted by Gasteiger charge is -2.17. The summed E-state index contributed by atoms with van der Waals surface area (Å²) in [5.74, 6) is 1.12. The van der Waals surface area contributed by atoms with Gasteiger partial charge in [0.1, 0.15) is 5.75 Å². The van der Waals surface area contributed by atoms with Gasteiger partial charge in [0.05, 0.1) is 0 Å². The topological polar surface area (TPSA) is 47.3 Å². The van der Waals surface area contributed by atoms with Crippen molar-refractivity contribution in [3.8, 4) is 5.75 Å². The minimum Gasteiger partial charge on any atom is -0.435 e. The molecule has 1 fully saturated rings. The second-order valence-electron chi connectivity index (χ2n) is 5.28. The third-order valence-electron chi connectivity index (χ3n) is 3.62. The van der Waals surface area contributed by atoms with Gasteiger partial charge in [-0.25, -0.2) is 0 Å². The molecule has 3 N–H and O–H groups in total. The molecule has 0 bridgehead atoms. The zero-order valence-electron chi connectivity index (χ0n) is 11.5. The lowest BCUT2D eigenvalue weighted by atomic mass is 10.1. The van der Waals surface area contributed by atoms with Crippen LogP contribution in [0.4, 0.5) is 8.78 Å². The van der Waals surface area contributed by atoms with Crippen LogP contribution in [-0.4, -0.2) is 19.7 Å². The maximum absolute atomic E-state index is 12.1. The van der Waals surface area contributed by atoms with E-state index in [1.807, 2.05) is 0 Å². The molecule has 0 aliphatic heterocycles. The highest BCUT2D eigenvalue weighted by Gasteiger charge is 2.20. The molecule has 1 atom stereocenters. The van der Waals surface area contributed by atoms with Crippen LogP contribution in [-0.2, 0) is 0 Å². The smallest absolute Gasteiger partial charge is 0.387 e. The number of nitrogens with one attached hydrogen (secondary N) is 1. The van der Waals surface area contributed by atoms with E-state index in [0.29, 0.717) is 6.54 Å². The molecule has 0 spiro atoms. The third kappa shape index (κ3) is 5.06. The lowest BCUT2D eigenvalue weighted by Crippen LogP contribution is -2.29. The number of halogens is 2. The maximum atomic E-state index is 12.1. The van der Waals surface area contributed by atoms with Crippen molar-refractivity contribution in [2.45, 2.75) is 38.3 Å². The summed E-state index contributed by atoms with van der Waals surface area (Å²) in [4.78, 5) is 0. The zero-order valence-corrected chi connectivity index (χ0v) is 11.5. The molecule has 1 aliphatic rings. The van der Waals surface area contributed by atoms with Crippen LogP contribution in [0.15, 0.2) is 24.3 Å². The van der Waals surface area contributed by atoms with Gasteiger partial charge in [0.15, 0.2) is 0 Å². The molecule has 112 valence electrons. The fraction of sp³-hybridized carbons (Fsp3) is 0.600. The lowest BCUT2D eigenvalue weighted by molar-refractivity contribution is -0.0498. The quantitative estimate of drug-likeness (QED) is 0.685. The number of benzene rings is 1. The van der Waals surface area contributed by atoms with Crippen molar-refractivity contribution in [2.24, 2.45) is 11.7 Å². The Hall–Kier alpha value is -1.20. The number of nitrogens with two attached hydrogens (primary N) is 1. The molecule has 3 nitrogen and oxygen atoms in total. The van der Waals surface area contributed by atoms with Gasteiger partial charge in [0.2, 0.25) is 0 Å². The van der Waals surface area contributed by atoms with E-state index in [1.54, 1.807) is 24.3 Å². The Morgan fingerprint density at radius 3 is 2.50 bits per heavy atom. The van der Waals surface area contributed by atoms with E-state index in [2.05, 4.69) is 10.1 Å². The van der Waals surface area contributed by atoms with E-state index < -0.39 is 6.61 Å². The molecule has 1 aliphatic carbocycles. The number of hydrogen-bond acceptors (Lipinski definition) is 3. The van der Waals surface area contributed by atoms with Crippen molar-refractivity contribution in [1.82, 2.24) is 5.32 Å². The van der Waals surface area contributed by atoms with Crippen LogP contribution in [0.25, 0.3) is 0 Å². The Morgan fingerprint density at radius 1 is 1.25 bits per heavy atom. The summed E-state index contributed by atoms with van der Waals surface area (Å²) in [6.45, 7) is -1.36. The fourth-order valence-electron chi connectivity index (χ4n) is 2.29. The van der Waals surface area contributed by atoms with Crippen molar-refractivity contribution in [3.05, 3.63) is 29.8 Å². The summed E-state index contributed by atoms with van der Waals surface area (Å²) in [5.41, 5.74) is 6.76. The van der Waals surface area contributed by atoms with Gasteiger partial charge in [0, 0.05) is 12.6 Å². The van der Waals surface area contributed by atoms with Crippen LogP contribution in [0.5, 0.6) is 5.75 Å². The molecule has 5 heteroatoms. The zero-order chi connectivity index (χ0) is 14.4. The molecular formula is C15H22F2N2O. The summed E-state index contributed by atoms with van der Waals surface area (Å²) >= 11 is 0. The first-order chi connectivity index (χ1) is 9.69. The largest absolute Gasteiger partial charge is 0.435 e. The van der Waals surface area contributed by atoms with Gasteiger partial charge >= 0.3 is 6.61 Å². The number of rotatable bonds is 9. The average Bonchev–Trinajstić information content (AvgIpc) is 3.24. The van der Waals surface area contributed by atoms with Crippen LogP contribution in [0.1, 0.15) is 37.3 Å². The first-order valence-electron chi connectivity index (χ1n) is 7.17. The molecule has 20 heavy (non-hydrogen) atoms. The normalized spacial score (nSPS) is 16.4. The molecule has 1 aromatic carbocycles. The second-order valence-corrected chi connectivity index (χ2v) is 5.28. The third-order valence-corrected chi connectivity index (χ3v) is 3.62. The minimum atomic E-state index is -2.79. The molecule has 1 unspecified atom stereocenters. The Kier molecular flexibility index (Phi) is 5.73. The molecule has 0 aromatic heterocycles. The summed E-state index contributed by atoms with van der Waals surface area (Å²) in [6.07, 6.45) is 5.21. The molecular weight excluding hydrogens is 262 g/mol. The van der Waals surface area contributed by atoms with Crippen LogP contribution in [0.2, 0.25) is 0 Å². The van der Waals surface area contributed by atoms with Gasteiger partial charge in [-0.15, -0.1) is 0 Å². The number of hydrogen-bond donors (Lipinski definition) is 2. The molecule has 0 heterocycles. The van der Waals surface area contributed by atoms with Crippen molar-refractivity contribution < 1.29 is 13.5 Å². The fourth-order valence-corrected chi connectivity index (χ4v) is 2.29. The molecule has 0 radical (unpaired) electrons. The van der Waals surface area contributed by atoms with E-state index in [1.165, 1.54) is 19.3 Å². The SMILES string of the molecule is NCC(NCCCC1CC1)c1ccc(OC(F)F)cc1. The Bertz CT molecular complexity index is 393. The first kappa shape index (κ1) is 15.2. The second kappa shape index (κ2) is 7.55. The first-order valence-corrected chi connectivity index (χ1v) is 7.17. The predicted molar refractivity (Wildman–Crippen MR) is 74.8 cm³/mol. The van der Waals surface area contributed by atoms with Crippen molar-refractivity contribution in [1.29, 1.82) is 0 Å². The van der Waals surface area contributed by atoms with Crippen LogP contribution in [0.3, 0.4) is 0 Å². The van der Waals surface area contributed by atoms with Crippen molar-refractivity contribution >= 4 is 0 Å². The summed E-state index contributed by atoms with van der Waals surface area (Å²) in [7, 11) is 0. The standard InChI is InChI=1S/C15H22F2N2O/c16-15(17)20-13-7-5-12(6-8-13)14(10-18)19-9-1-2-11-3-4-11/h5-8,11,14-15,19H,1-4,9-10,18H2. The van der Waals surface area contributed by atoms with E-state index >= 15 is 0 Å². The molecule has 0 amide bonds. The van der Waals surface area contributed by atoms with Gasteiger partial charge in [0.25, 0.3) is 0 Å². The van der Waals surface area contributed by atoms with E-state index in [9.17, 15) is 8.78 Å².